The van der Waals surface area contributed by atoms with Crippen LogP contribution in [0.25, 0.3) is 0 Å². The number of carbonyl (C=O) groups excluding carboxylic acids is 2. The van der Waals surface area contributed by atoms with Crippen LogP contribution in [0.1, 0.15) is 77.3 Å². The molecule has 1 amide bonds. The van der Waals surface area contributed by atoms with E-state index < -0.39 is 23.2 Å². The van der Waals surface area contributed by atoms with Gasteiger partial charge in [0.25, 0.3) is 0 Å². The molecule has 2 atom stereocenters. The predicted octanol–water partition coefficient (Wildman–Crippen LogP) is 5.51. The predicted molar refractivity (Wildman–Crippen MR) is 160 cm³/mol. The van der Waals surface area contributed by atoms with E-state index in [1.165, 1.54) is 0 Å². The van der Waals surface area contributed by atoms with Crippen LogP contribution in [0.2, 0.25) is 5.15 Å². The zero-order valence-electron chi connectivity index (χ0n) is 25.2. The lowest BCUT2D eigenvalue weighted by Crippen LogP contribution is -2.42. The number of aromatic nitrogens is 1. The van der Waals surface area contributed by atoms with E-state index in [1.807, 2.05) is 52.0 Å². The van der Waals surface area contributed by atoms with E-state index in [0.717, 1.165) is 24.0 Å². The Labute approximate surface area is 253 Å². The van der Waals surface area contributed by atoms with Crippen molar-refractivity contribution in [3.8, 4) is 5.75 Å². The Kier molecular flexibility index (Phi) is 10.3. The second-order valence-electron chi connectivity index (χ2n) is 12.1. The first-order valence-electron chi connectivity index (χ1n) is 14.4. The van der Waals surface area contributed by atoms with Gasteiger partial charge in [0.15, 0.2) is 0 Å². The van der Waals surface area contributed by atoms with Crippen molar-refractivity contribution >= 4 is 23.5 Å². The molecule has 0 saturated carbocycles. The lowest BCUT2D eigenvalue weighted by molar-refractivity contribution is -0.141. The molecule has 1 aromatic heterocycles. The number of allylic oxidation sites excluding steroid dienone is 1. The zero-order chi connectivity index (χ0) is 30.5. The van der Waals surface area contributed by atoms with Crippen LogP contribution in [0.5, 0.6) is 5.75 Å². The summed E-state index contributed by atoms with van der Waals surface area (Å²) in [5.41, 5.74) is 7.33. The molecule has 2 aliphatic rings. The number of rotatable bonds is 12. The molecule has 3 heterocycles. The summed E-state index contributed by atoms with van der Waals surface area (Å²) >= 11 is 6.00. The Morgan fingerprint density at radius 2 is 1.90 bits per heavy atom. The van der Waals surface area contributed by atoms with Gasteiger partial charge in [0.05, 0.1) is 24.8 Å². The van der Waals surface area contributed by atoms with E-state index in [4.69, 9.17) is 36.3 Å². The Morgan fingerprint density at radius 1 is 1.17 bits per heavy atom. The average molecular weight is 600 g/mol. The van der Waals surface area contributed by atoms with E-state index in [9.17, 15) is 9.59 Å². The van der Waals surface area contributed by atoms with Crippen molar-refractivity contribution in [2.24, 2.45) is 5.73 Å². The lowest BCUT2D eigenvalue weighted by atomic mass is 9.84. The molecular formula is C32H42ClN3O6. The first-order chi connectivity index (χ1) is 19.8. The van der Waals surface area contributed by atoms with E-state index in [-0.39, 0.29) is 25.0 Å². The highest BCUT2D eigenvalue weighted by Gasteiger charge is 2.38. The SMILES string of the molecule is CC1=C(C(=O)OCc2ccc(OC(C)(C)CCOC(C)(C)N)cc2)[C@@H](c2ccc(Cl)nc2)CC(=O)N1C[C@@H]1CCCO1. The fourth-order valence-corrected chi connectivity index (χ4v) is 5.29. The van der Waals surface area contributed by atoms with Gasteiger partial charge in [-0.2, -0.15) is 0 Å². The van der Waals surface area contributed by atoms with Gasteiger partial charge in [-0.3, -0.25) is 4.79 Å². The third-order valence-corrected chi connectivity index (χ3v) is 7.69. The van der Waals surface area contributed by atoms with Gasteiger partial charge in [-0.1, -0.05) is 29.8 Å². The highest BCUT2D eigenvalue weighted by atomic mass is 35.5. The molecule has 4 rings (SSSR count). The van der Waals surface area contributed by atoms with E-state index >= 15 is 0 Å². The summed E-state index contributed by atoms with van der Waals surface area (Å²) in [5, 5.41) is 0.342. The summed E-state index contributed by atoms with van der Waals surface area (Å²) in [6.07, 6.45) is 4.22. The third kappa shape index (κ3) is 8.77. The van der Waals surface area contributed by atoms with E-state index in [0.29, 0.717) is 48.4 Å². The van der Waals surface area contributed by atoms with Crippen molar-refractivity contribution in [2.45, 2.75) is 90.3 Å². The molecule has 0 spiro atoms. The smallest absolute Gasteiger partial charge is 0.336 e. The van der Waals surface area contributed by atoms with Gasteiger partial charge in [0.1, 0.15) is 28.8 Å². The second-order valence-corrected chi connectivity index (χ2v) is 12.5. The Bertz CT molecular complexity index is 1260. The summed E-state index contributed by atoms with van der Waals surface area (Å²) in [7, 11) is 0. The summed E-state index contributed by atoms with van der Waals surface area (Å²) in [4.78, 5) is 32.7. The minimum atomic E-state index is -0.689. The number of hydrogen-bond donors (Lipinski definition) is 1. The zero-order valence-corrected chi connectivity index (χ0v) is 25.9. The van der Waals surface area contributed by atoms with Crippen molar-refractivity contribution in [1.29, 1.82) is 0 Å². The molecule has 228 valence electrons. The number of carbonyl (C=O) groups is 2. The average Bonchev–Trinajstić information content (AvgIpc) is 3.43. The van der Waals surface area contributed by atoms with Crippen LogP contribution in [0, 0.1) is 0 Å². The van der Waals surface area contributed by atoms with Crippen molar-refractivity contribution in [3.63, 3.8) is 0 Å². The van der Waals surface area contributed by atoms with Crippen LogP contribution in [-0.4, -0.2) is 58.9 Å². The number of esters is 1. The third-order valence-electron chi connectivity index (χ3n) is 7.47. The van der Waals surface area contributed by atoms with Crippen LogP contribution in [-0.2, 0) is 30.4 Å². The van der Waals surface area contributed by atoms with Crippen LogP contribution < -0.4 is 10.5 Å². The number of nitrogens with two attached hydrogens (primary N) is 1. The van der Waals surface area contributed by atoms with Crippen LogP contribution >= 0.6 is 11.6 Å². The Balaban J connectivity index is 1.45. The molecule has 2 aromatic rings. The van der Waals surface area contributed by atoms with Crippen molar-refractivity contribution in [1.82, 2.24) is 9.88 Å². The van der Waals surface area contributed by atoms with Crippen LogP contribution in [0.4, 0.5) is 0 Å². The van der Waals surface area contributed by atoms with Gasteiger partial charge >= 0.3 is 5.97 Å². The number of ether oxygens (including phenoxy) is 4. The maximum Gasteiger partial charge on any atom is 0.336 e. The summed E-state index contributed by atoms with van der Waals surface area (Å²) in [5.74, 6) is -0.313. The summed E-state index contributed by atoms with van der Waals surface area (Å²) < 4.78 is 23.4. The Morgan fingerprint density at radius 3 is 2.52 bits per heavy atom. The largest absolute Gasteiger partial charge is 0.488 e. The number of pyridine rings is 1. The maximum atomic E-state index is 13.6. The molecule has 0 bridgehead atoms. The first kappa shape index (κ1) is 31.9. The summed E-state index contributed by atoms with van der Waals surface area (Å²) in [6.45, 7) is 11.1. The number of hydrogen-bond acceptors (Lipinski definition) is 8. The molecule has 0 unspecified atom stereocenters. The minimum absolute atomic E-state index is 0.0411. The fraction of sp³-hybridized carbons (Fsp3) is 0.531. The minimum Gasteiger partial charge on any atom is -0.488 e. The number of halogens is 1. The molecule has 1 aromatic carbocycles. The van der Waals surface area contributed by atoms with Crippen LogP contribution in [0.15, 0.2) is 53.9 Å². The van der Waals surface area contributed by atoms with Crippen molar-refractivity contribution < 1.29 is 28.5 Å². The van der Waals surface area contributed by atoms with Crippen LogP contribution in [0.3, 0.4) is 0 Å². The van der Waals surface area contributed by atoms with Gasteiger partial charge in [-0.05, 0) is 76.8 Å². The molecule has 10 heteroatoms. The van der Waals surface area contributed by atoms with Gasteiger partial charge in [-0.25, -0.2) is 9.78 Å². The van der Waals surface area contributed by atoms with E-state index in [2.05, 4.69) is 4.98 Å². The number of benzene rings is 1. The Hall–Kier alpha value is -2.98. The molecule has 0 aliphatic carbocycles. The standard InChI is InChI=1S/C32H42ClN3O6/c1-21-29(26(23-10-13-27(33)35-18-23)17-28(37)36(21)19-25-7-6-15-39-25)30(38)40-20-22-8-11-24(12-9-22)42-31(2,3)14-16-41-32(4,5)34/h8-13,18,25-26H,6-7,14-17,19-20,34H2,1-5H3/t25-,26+/m0/s1. The number of nitrogens with zero attached hydrogens (tertiary/aromatic N) is 2. The summed E-state index contributed by atoms with van der Waals surface area (Å²) in [6, 6.07) is 10.9. The highest BCUT2D eigenvalue weighted by Crippen LogP contribution is 2.38. The first-order valence-corrected chi connectivity index (χ1v) is 14.8. The highest BCUT2D eigenvalue weighted by molar-refractivity contribution is 6.29. The van der Waals surface area contributed by atoms with Gasteiger partial charge in [0, 0.05) is 37.3 Å². The molecule has 1 fully saturated rings. The molecule has 1 saturated heterocycles. The van der Waals surface area contributed by atoms with E-state index in [1.54, 1.807) is 30.2 Å². The lowest BCUT2D eigenvalue weighted by Gasteiger charge is -2.35. The molecule has 9 nitrogen and oxygen atoms in total. The molecule has 42 heavy (non-hydrogen) atoms. The van der Waals surface area contributed by atoms with Crippen molar-refractivity contribution in [3.05, 3.63) is 70.1 Å². The fourth-order valence-electron chi connectivity index (χ4n) is 5.18. The molecule has 0 radical (unpaired) electrons. The maximum absolute atomic E-state index is 13.6. The van der Waals surface area contributed by atoms with Crippen molar-refractivity contribution in [2.75, 3.05) is 19.8 Å². The molecule has 2 N–H and O–H groups in total. The van der Waals surface area contributed by atoms with Gasteiger partial charge in [-0.15, -0.1) is 0 Å². The van der Waals surface area contributed by atoms with Gasteiger partial charge < -0.3 is 29.6 Å². The topological polar surface area (TPSA) is 113 Å². The van der Waals surface area contributed by atoms with Gasteiger partial charge in [0.2, 0.25) is 5.91 Å². The normalized spacial score (nSPS) is 19.8. The monoisotopic (exact) mass is 599 g/mol. The number of amides is 1. The quantitative estimate of drug-likeness (QED) is 0.193. The molecular weight excluding hydrogens is 558 g/mol. The molecule has 2 aliphatic heterocycles. The second kappa shape index (κ2) is 13.5.